The van der Waals surface area contributed by atoms with Crippen LogP contribution in [0.25, 0.3) is 11.1 Å². The molecule has 0 saturated carbocycles. The van der Waals surface area contributed by atoms with Gasteiger partial charge < -0.3 is 9.64 Å². The van der Waals surface area contributed by atoms with Gasteiger partial charge in [-0.15, -0.1) is 0 Å². The Morgan fingerprint density at radius 3 is 2.67 bits per heavy atom. The number of ketones is 1. The third-order valence-corrected chi connectivity index (χ3v) is 8.38. The summed E-state index contributed by atoms with van der Waals surface area (Å²) in [6, 6.07) is 15.8. The summed E-state index contributed by atoms with van der Waals surface area (Å²) in [6.07, 6.45) is 3.32. The van der Waals surface area contributed by atoms with Crippen molar-refractivity contribution in [2.24, 2.45) is 5.41 Å². The predicted octanol–water partition coefficient (Wildman–Crippen LogP) is 4.78. The minimum absolute atomic E-state index is 0.0472. The molecule has 190 valence electrons. The second-order valence-electron chi connectivity index (χ2n) is 10.5. The highest BCUT2D eigenvalue weighted by Gasteiger charge is 2.36. The zero-order chi connectivity index (χ0) is 25.5. The lowest BCUT2D eigenvalue weighted by molar-refractivity contribution is 0.0915. The molecule has 1 aliphatic carbocycles. The van der Waals surface area contributed by atoms with Gasteiger partial charge in [-0.1, -0.05) is 61.6 Å². The van der Waals surface area contributed by atoms with Crippen molar-refractivity contribution in [3.05, 3.63) is 64.7 Å². The number of fused-ring (bicyclic) bond motifs is 1. The first-order valence-corrected chi connectivity index (χ1v) is 14.8. The van der Waals surface area contributed by atoms with E-state index >= 15 is 0 Å². The van der Waals surface area contributed by atoms with Crippen molar-refractivity contribution in [1.82, 2.24) is 4.98 Å². The molecule has 7 nitrogen and oxygen atoms in total. The summed E-state index contributed by atoms with van der Waals surface area (Å²) in [4.78, 5) is 20.8. The largest absolute Gasteiger partial charge is 0.377 e. The van der Waals surface area contributed by atoms with Crippen LogP contribution in [0, 0.1) is 5.41 Å². The number of hydrogen-bond donors (Lipinski definition) is 1. The van der Waals surface area contributed by atoms with Gasteiger partial charge in [-0.2, -0.15) is 0 Å². The number of Topliss-reactive ketones (excluding diaryl/α,β-unsaturated/α-hetero) is 1. The molecule has 2 aromatic carbocycles. The van der Waals surface area contributed by atoms with E-state index in [2.05, 4.69) is 35.6 Å². The number of nitrogens with one attached hydrogen (secondary N) is 1. The van der Waals surface area contributed by atoms with Crippen molar-refractivity contribution >= 4 is 38.0 Å². The average Bonchev–Trinajstić information content (AvgIpc) is 3.22. The van der Waals surface area contributed by atoms with Crippen LogP contribution in [0.2, 0.25) is 0 Å². The molecular weight excluding hydrogens is 494 g/mol. The maximum atomic E-state index is 12.7. The molecule has 1 aliphatic heterocycles. The number of sulfonamides is 1. The summed E-state index contributed by atoms with van der Waals surface area (Å²) in [5, 5.41) is 0.912. The maximum absolute atomic E-state index is 12.7. The van der Waals surface area contributed by atoms with E-state index in [-0.39, 0.29) is 17.2 Å². The van der Waals surface area contributed by atoms with Gasteiger partial charge in [0.1, 0.15) is 0 Å². The van der Waals surface area contributed by atoms with Gasteiger partial charge in [-0.3, -0.25) is 9.52 Å². The minimum Gasteiger partial charge on any atom is -0.377 e. The van der Waals surface area contributed by atoms with E-state index in [0.29, 0.717) is 25.3 Å². The number of rotatable bonds is 6. The highest BCUT2D eigenvalue weighted by Crippen LogP contribution is 2.40. The molecule has 0 bridgehead atoms. The van der Waals surface area contributed by atoms with Gasteiger partial charge in [0.2, 0.25) is 10.0 Å². The first-order chi connectivity index (χ1) is 17.1. The number of morpholine rings is 1. The van der Waals surface area contributed by atoms with Crippen LogP contribution in [0.1, 0.15) is 41.2 Å². The summed E-state index contributed by atoms with van der Waals surface area (Å²) < 4.78 is 31.7. The molecule has 0 amide bonds. The van der Waals surface area contributed by atoms with Crippen molar-refractivity contribution in [1.29, 1.82) is 0 Å². The number of thiazole rings is 1. The topological polar surface area (TPSA) is 88.6 Å². The number of hydrogen-bond acceptors (Lipinski definition) is 7. The Morgan fingerprint density at radius 2 is 1.89 bits per heavy atom. The fourth-order valence-electron chi connectivity index (χ4n) is 5.03. The zero-order valence-electron chi connectivity index (χ0n) is 20.8. The zero-order valence-corrected chi connectivity index (χ0v) is 22.4. The number of carbonyl (C=O) groups excluding carboxylic acids is 1. The summed E-state index contributed by atoms with van der Waals surface area (Å²) >= 11 is 1.52. The van der Waals surface area contributed by atoms with Crippen molar-refractivity contribution in [3.8, 4) is 11.1 Å². The van der Waals surface area contributed by atoms with Gasteiger partial charge in [-0.25, -0.2) is 13.4 Å². The van der Waals surface area contributed by atoms with E-state index in [9.17, 15) is 13.2 Å². The molecule has 3 aromatic rings. The van der Waals surface area contributed by atoms with Crippen LogP contribution in [-0.4, -0.2) is 51.2 Å². The highest BCUT2D eigenvalue weighted by atomic mass is 32.2. The molecule has 0 radical (unpaired) electrons. The van der Waals surface area contributed by atoms with Crippen LogP contribution in [-0.2, 0) is 27.6 Å². The first-order valence-electron chi connectivity index (χ1n) is 12.1. The Morgan fingerprint density at radius 1 is 1.14 bits per heavy atom. The Hall–Kier alpha value is -2.75. The summed E-state index contributed by atoms with van der Waals surface area (Å²) in [6.45, 7) is 6.24. The van der Waals surface area contributed by atoms with Crippen LogP contribution in [0.5, 0.6) is 0 Å². The quantitative estimate of drug-likeness (QED) is 0.498. The van der Waals surface area contributed by atoms with Crippen molar-refractivity contribution in [2.75, 3.05) is 35.6 Å². The molecule has 0 unspecified atom stereocenters. The number of nitrogens with zero attached hydrogens (tertiary/aromatic N) is 2. The van der Waals surface area contributed by atoms with Gasteiger partial charge in [0.15, 0.2) is 10.9 Å². The summed E-state index contributed by atoms with van der Waals surface area (Å²) in [5.41, 5.74) is 4.55. The SMILES string of the molecule is CC1(C)CC(=O)c2sc(N3CCOC[C@@H]3Cc3cccc(-c4cccc(NS(C)(=O)=O)c4)c3)nc2C1. The van der Waals surface area contributed by atoms with E-state index in [1.165, 1.54) is 11.3 Å². The number of ether oxygens (including phenoxy) is 1. The Bertz CT molecular complexity index is 1400. The number of benzene rings is 2. The van der Waals surface area contributed by atoms with E-state index in [1.807, 2.05) is 30.3 Å². The lowest BCUT2D eigenvalue weighted by Crippen LogP contribution is -2.46. The molecule has 1 N–H and O–H groups in total. The van der Waals surface area contributed by atoms with Crippen molar-refractivity contribution in [3.63, 3.8) is 0 Å². The molecule has 1 fully saturated rings. The standard InChI is InChI=1S/C27H31N3O4S2/c1-27(2)15-23-25(24(31)16-27)35-26(28-23)30-10-11-34-17-22(30)13-18-6-4-7-19(12-18)20-8-5-9-21(14-20)29-36(3,32)33/h4-9,12,14,22,29H,10-11,13,15-17H2,1-3H3/t22-/m0/s1. The van der Waals surface area contributed by atoms with Crippen LogP contribution < -0.4 is 9.62 Å². The minimum atomic E-state index is -3.34. The normalized spacial score (nSPS) is 19.7. The third-order valence-electron chi connectivity index (χ3n) is 6.60. The lowest BCUT2D eigenvalue weighted by atomic mass is 9.78. The molecule has 2 aliphatic rings. The average molecular weight is 526 g/mol. The van der Waals surface area contributed by atoms with E-state index < -0.39 is 10.0 Å². The monoisotopic (exact) mass is 525 g/mol. The number of carbonyl (C=O) groups is 1. The second-order valence-corrected chi connectivity index (χ2v) is 13.2. The molecule has 2 heterocycles. The molecule has 9 heteroatoms. The van der Waals surface area contributed by atoms with E-state index in [1.54, 1.807) is 6.07 Å². The van der Waals surface area contributed by atoms with Gasteiger partial charge in [-0.05, 0) is 47.1 Å². The second kappa shape index (κ2) is 9.61. The predicted molar refractivity (Wildman–Crippen MR) is 145 cm³/mol. The van der Waals surface area contributed by atoms with Gasteiger partial charge in [0.25, 0.3) is 0 Å². The van der Waals surface area contributed by atoms with Crippen LogP contribution in [0.4, 0.5) is 10.8 Å². The first kappa shape index (κ1) is 24.9. The Kier molecular flexibility index (Phi) is 6.65. The number of aromatic nitrogens is 1. The maximum Gasteiger partial charge on any atom is 0.229 e. The molecule has 1 aromatic heterocycles. The fourth-order valence-corrected chi connectivity index (χ4v) is 6.71. The van der Waals surface area contributed by atoms with Crippen LogP contribution in [0.3, 0.4) is 0 Å². The molecule has 5 rings (SSSR count). The summed E-state index contributed by atoms with van der Waals surface area (Å²) in [5.74, 6) is 0.204. The van der Waals surface area contributed by atoms with Crippen LogP contribution >= 0.6 is 11.3 Å². The fraction of sp³-hybridized carbons (Fsp3) is 0.407. The highest BCUT2D eigenvalue weighted by molar-refractivity contribution is 7.92. The smallest absolute Gasteiger partial charge is 0.229 e. The lowest BCUT2D eigenvalue weighted by Gasteiger charge is -2.35. The van der Waals surface area contributed by atoms with Crippen molar-refractivity contribution in [2.45, 2.75) is 39.2 Å². The van der Waals surface area contributed by atoms with E-state index in [0.717, 1.165) is 58.0 Å². The Labute approximate surface area is 216 Å². The van der Waals surface area contributed by atoms with Gasteiger partial charge >= 0.3 is 0 Å². The van der Waals surface area contributed by atoms with E-state index in [4.69, 9.17) is 9.72 Å². The van der Waals surface area contributed by atoms with Gasteiger partial charge in [0.05, 0.1) is 36.1 Å². The molecule has 0 spiro atoms. The third kappa shape index (κ3) is 5.63. The molecule has 36 heavy (non-hydrogen) atoms. The van der Waals surface area contributed by atoms with Crippen molar-refractivity contribution < 1.29 is 17.9 Å². The molecule has 1 atom stereocenters. The van der Waals surface area contributed by atoms with Gasteiger partial charge in [0, 0.05) is 18.7 Å². The number of anilines is 2. The summed E-state index contributed by atoms with van der Waals surface area (Å²) in [7, 11) is -3.34. The van der Waals surface area contributed by atoms with Crippen LogP contribution in [0.15, 0.2) is 48.5 Å². The Balaban J connectivity index is 1.38. The molecular formula is C27H31N3O4S2. The molecule has 1 saturated heterocycles.